The maximum atomic E-state index is 11.4. The Bertz CT molecular complexity index is 716. The summed E-state index contributed by atoms with van der Waals surface area (Å²) in [6.45, 7) is 0. The zero-order chi connectivity index (χ0) is 13.8. The monoisotopic (exact) mass is 260 g/mol. The minimum Gasteiger partial charge on any atom is -0.303 e. The molecule has 0 spiro atoms. The van der Waals surface area contributed by atoms with Crippen molar-refractivity contribution in [3.8, 4) is 0 Å². The third-order valence-electron chi connectivity index (χ3n) is 3.66. The van der Waals surface area contributed by atoms with Crippen molar-refractivity contribution in [2.24, 2.45) is 0 Å². The van der Waals surface area contributed by atoms with Crippen LogP contribution in [0.15, 0.2) is 72.8 Å². The Labute approximate surface area is 118 Å². The molecule has 98 valence electrons. The molecule has 1 heteroatoms. The molecule has 0 aliphatic rings. The second kappa shape index (κ2) is 5.70. The highest BCUT2D eigenvalue weighted by Crippen LogP contribution is 2.23. The molecular formula is C19H16O. The lowest BCUT2D eigenvalue weighted by Gasteiger charge is -2.12. The lowest BCUT2D eigenvalue weighted by molar-refractivity contribution is -0.109. The summed E-state index contributed by atoms with van der Waals surface area (Å²) < 4.78 is 0. The Morgan fingerprint density at radius 3 is 2.25 bits per heavy atom. The maximum Gasteiger partial charge on any atom is 0.127 e. The molecule has 0 aliphatic carbocycles. The summed E-state index contributed by atoms with van der Waals surface area (Å²) in [5.41, 5.74) is 2.28. The Kier molecular flexibility index (Phi) is 3.60. The Morgan fingerprint density at radius 2 is 1.50 bits per heavy atom. The van der Waals surface area contributed by atoms with Crippen LogP contribution in [-0.2, 0) is 11.2 Å². The first-order valence-corrected chi connectivity index (χ1v) is 6.85. The first-order chi connectivity index (χ1) is 9.86. The highest BCUT2D eigenvalue weighted by molar-refractivity contribution is 5.84. The van der Waals surface area contributed by atoms with E-state index in [1.807, 2.05) is 30.3 Å². The molecule has 0 aromatic heterocycles. The van der Waals surface area contributed by atoms with Crippen LogP contribution >= 0.6 is 0 Å². The first-order valence-electron chi connectivity index (χ1n) is 6.85. The second-order valence-electron chi connectivity index (χ2n) is 5.04. The van der Waals surface area contributed by atoms with Crippen LogP contribution in [0.25, 0.3) is 10.8 Å². The van der Waals surface area contributed by atoms with Crippen LogP contribution in [-0.4, -0.2) is 6.29 Å². The number of aldehydes is 1. The molecular weight excluding hydrogens is 244 g/mol. The largest absolute Gasteiger partial charge is 0.303 e. The zero-order valence-corrected chi connectivity index (χ0v) is 11.2. The number of fused-ring (bicyclic) bond motifs is 1. The second-order valence-corrected chi connectivity index (χ2v) is 5.04. The van der Waals surface area contributed by atoms with Crippen molar-refractivity contribution in [3.63, 3.8) is 0 Å². The van der Waals surface area contributed by atoms with E-state index in [-0.39, 0.29) is 5.92 Å². The molecule has 0 N–H and O–H groups in total. The van der Waals surface area contributed by atoms with Gasteiger partial charge in [0.1, 0.15) is 6.29 Å². The Hall–Kier alpha value is -2.41. The van der Waals surface area contributed by atoms with Crippen LogP contribution in [0.3, 0.4) is 0 Å². The molecule has 1 atom stereocenters. The molecule has 3 rings (SSSR count). The van der Waals surface area contributed by atoms with Gasteiger partial charge in [0.2, 0.25) is 0 Å². The summed E-state index contributed by atoms with van der Waals surface area (Å²) in [7, 11) is 0. The minimum atomic E-state index is -0.0815. The molecule has 0 fully saturated rings. The van der Waals surface area contributed by atoms with E-state index in [4.69, 9.17) is 0 Å². The van der Waals surface area contributed by atoms with Crippen LogP contribution in [0.1, 0.15) is 17.0 Å². The van der Waals surface area contributed by atoms with Crippen molar-refractivity contribution >= 4 is 17.1 Å². The Morgan fingerprint density at radius 1 is 0.800 bits per heavy atom. The number of hydrogen-bond donors (Lipinski definition) is 0. The van der Waals surface area contributed by atoms with Gasteiger partial charge in [0.25, 0.3) is 0 Å². The van der Waals surface area contributed by atoms with Crippen molar-refractivity contribution in [1.82, 2.24) is 0 Å². The minimum absolute atomic E-state index is 0.0815. The predicted octanol–water partition coefficient (Wildman–Crippen LogP) is 4.37. The molecule has 1 nitrogen and oxygen atoms in total. The van der Waals surface area contributed by atoms with Gasteiger partial charge < -0.3 is 4.79 Å². The van der Waals surface area contributed by atoms with E-state index >= 15 is 0 Å². The first kappa shape index (κ1) is 12.6. The highest BCUT2D eigenvalue weighted by atomic mass is 16.1. The predicted molar refractivity (Wildman–Crippen MR) is 82.9 cm³/mol. The van der Waals surface area contributed by atoms with E-state index in [1.54, 1.807) is 0 Å². The van der Waals surface area contributed by atoms with Gasteiger partial charge in [0.05, 0.1) is 0 Å². The van der Waals surface area contributed by atoms with E-state index in [9.17, 15) is 4.79 Å². The van der Waals surface area contributed by atoms with Crippen molar-refractivity contribution < 1.29 is 4.79 Å². The number of benzene rings is 3. The van der Waals surface area contributed by atoms with E-state index in [0.717, 1.165) is 18.3 Å². The summed E-state index contributed by atoms with van der Waals surface area (Å²) in [5.74, 6) is -0.0815. The number of carbonyl (C=O) groups is 1. The van der Waals surface area contributed by atoms with E-state index in [0.29, 0.717) is 0 Å². The fourth-order valence-electron chi connectivity index (χ4n) is 2.55. The van der Waals surface area contributed by atoms with Crippen LogP contribution in [0, 0.1) is 0 Å². The molecule has 0 radical (unpaired) electrons. The quantitative estimate of drug-likeness (QED) is 0.637. The summed E-state index contributed by atoms with van der Waals surface area (Å²) in [6.07, 6.45) is 1.81. The van der Waals surface area contributed by atoms with Crippen molar-refractivity contribution in [1.29, 1.82) is 0 Å². The molecule has 1 unspecified atom stereocenters. The van der Waals surface area contributed by atoms with Gasteiger partial charge in [-0.25, -0.2) is 0 Å². The summed E-state index contributed by atoms with van der Waals surface area (Å²) >= 11 is 0. The van der Waals surface area contributed by atoms with Gasteiger partial charge in [-0.2, -0.15) is 0 Å². The average Bonchev–Trinajstić information content (AvgIpc) is 2.53. The topological polar surface area (TPSA) is 17.1 Å². The summed E-state index contributed by atoms with van der Waals surface area (Å²) in [4.78, 5) is 11.4. The lowest BCUT2D eigenvalue weighted by Crippen LogP contribution is -2.04. The molecule has 0 aliphatic heterocycles. The van der Waals surface area contributed by atoms with Gasteiger partial charge in [-0.1, -0.05) is 72.8 Å². The Balaban J connectivity index is 1.93. The number of hydrogen-bond acceptors (Lipinski definition) is 1. The number of rotatable bonds is 4. The van der Waals surface area contributed by atoms with Gasteiger partial charge in [0.15, 0.2) is 0 Å². The fourth-order valence-corrected chi connectivity index (χ4v) is 2.55. The van der Waals surface area contributed by atoms with Crippen molar-refractivity contribution in [3.05, 3.63) is 83.9 Å². The molecule has 0 saturated heterocycles. The van der Waals surface area contributed by atoms with E-state index in [2.05, 4.69) is 42.5 Å². The van der Waals surface area contributed by atoms with Crippen LogP contribution in [0.5, 0.6) is 0 Å². The van der Waals surface area contributed by atoms with E-state index < -0.39 is 0 Å². The van der Waals surface area contributed by atoms with Crippen molar-refractivity contribution in [2.75, 3.05) is 0 Å². The maximum absolute atomic E-state index is 11.4. The molecule has 0 amide bonds. The molecule has 0 bridgehead atoms. The molecule has 3 aromatic carbocycles. The van der Waals surface area contributed by atoms with Crippen LogP contribution in [0.4, 0.5) is 0 Å². The standard InChI is InChI=1S/C19H16O/c20-14-19(12-15-6-2-1-3-7-15)18-11-10-16-8-4-5-9-17(16)13-18/h1-11,13-14,19H,12H2. The number of carbonyl (C=O) groups excluding carboxylic acids is 1. The van der Waals surface area contributed by atoms with Crippen LogP contribution in [0.2, 0.25) is 0 Å². The SMILES string of the molecule is O=CC(Cc1ccccc1)c1ccc2ccccc2c1. The third-order valence-corrected chi connectivity index (χ3v) is 3.66. The normalized spacial score (nSPS) is 12.2. The van der Waals surface area contributed by atoms with Gasteiger partial charge in [-0.05, 0) is 28.3 Å². The molecule has 20 heavy (non-hydrogen) atoms. The summed E-state index contributed by atoms with van der Waals surface area (Å²) in [6, 6.07) is 24.7. The lowest BCUT2D eigenvalue weighted by atomic mass is 9.92. The highest BCUT2D eigenvalue weighted by Gasteiger charge is 2.11. The average molecular weight is 260 g/mol. The zero-order valence-electron chi connectivity index (χ0n) is 11.2. The van der Waals surface area contributed by atoms with Gasteiger partial charge in [0, 0.05) is 5.92 Å². The smallest absolute Gasteiger partial charge is 0.127 e. The molecule has 3 aromatic rings. The van der Waals surface area contributed by atoms with E-state index in [1.165, 1.54) is 16.3 Å². The van der Waals surface area contributed by atoms with Crippen molar-refractivity contribution in [2.45, 2.75) is 12.3 Å². The van der Waals surface area contributed by atoms with Gasteiger partial charge in [-0.3, -0.25) is 0 Å². The third kappa shape index (κ3) is 2.62. The molecule has 0 saturated carbocycles. The van der Waals surface area contributed by atoms with Gasteiger partial charge in [-0.15, -0.1) is 0 Å². The molecule has 0 heterocycles. The van der Waals surface area contributed by atoms with Gasteiger partial charge >= 0.3 is 0 Å². The fraction of sp³-hybridized carbons (Fsp3) is 0.105. The van der Waals surface area contributed by atoms with Crippen LogP contribution < -0.4 is 0 Å². The summed E-state index contributed by atoms with van der Waals surface area (Å²) in [5, 5.41) is 2.39.